The van der Waals surface area contributed by atoms with Crippen LogP contribution in [-0.2, 0) is 20.0 Å². The van der Waals surface area contributed by atoms with Gasteiger partial charge in [0, 0.05) is 56.1 Å². The summed E-state index contributed by atoms with van der Waals surface area (Å²) in [5.41, 5.74) is 1.37. The second-order valence-electron chi connectivity index (χ2n) is 12.9. The van der Waals surface area contributed by atoms with Crippen LogP contribution in [0.5, 0.6) is 0 Å². The van der Waals surface area contributed by atoms with Gasteiger partial charge in [0.2, 0.25) is 9.84 Å². The van der Waals surface area contributed by atoms with Crippen LogP contribution in [0.2, 0.25) is 0 Å². The molecule has 3 aromatic rings. The van der Waals surface area contributed by atoms with Crippen molar-refractivity contribution in [2.24, 2.45) is 17.8 Å². The van der Waals surface area contributed by atoms with Gasteiger partial charge in [-0.3, -0.25) is 4.98 Å². The van der Waals surface area contributed by atoms with E-state index in [1.54, 1.807) is 12.1 Å². The fourth-order valence-corrected chi connectivity index (χ4v) is 9.19. The molecule has 1 N–H and O–H groups in total. The lowest BCUT2D eigenvalue weighted by Gasteiger charge is -2.48. The molecule has 1 amide bonds. The third-order valence-corrected chi connectivity index (χ3v) is 12.0. The number of nitrogens with one attached hydrogen (secondary N) is 1. The van der Waals surface area contributed by atoms with Gasteiger partial charge in [0.1, 0.15) is 6.10 Å². The maximum Gasteiger partial charge on any atom is 0.407 e. The molecule has 3 atom stereocenters. The van der Waals surface area contributed by atoms with Crippen molar-refractivity contribution in [3.63, 3.8) is 0 Å². The first-order chi connectivity index (χ1) is 22.3. The molecule has 0 bridgehead atoms. The first-order valence-corrected chi connectivity index (χ1v) is 18.0. The number of pyridine rings is 1. The zero-order chi connectivity index (χ0) is 32.1. The molecule has 10 heteroatoms. The van der Waals surface area contributed by atoms with Crippen LogP contribution in [0.3, 0.4) is 0 Å². The van der Waals surface area contributed by atoms with Gasteiger partial charge in [-0.15, -0.1) is 0 Å². The number of nitrogens with zero attached hydrogens (tertiary/aromatic N) is 4. The summed E-state index contributed by atoms with van der Waals surface area (Å²) in [5, 5.41) is 13.7. The van der Waals surface area contributed by atoms with Gasteiger partial charge in [-0.1, -0.05) is 30.3 Å². The highest BCUT2D eigenvalue weighted by Crippen LogP contribution is 2.51. The van der Waals surface area contributed by atoms with Gasteiger partial charge < -0.3 is 19.9 Å². The molecule has 242 valence electrons. The molecule has 9 nitrogen and oxygen atoms in total. The van der Waals surface area contributed by atoms with Crippen molar-refractivity contribution in [1.82, 2.24) is 15.2 Å². The standard InChI is InChI=1S/C36H43N5O4S/c1-2-39-35(42)45-34-10-6-9-33(34)36(26-37,28-7-4-3-5-8-28)29-17-21-40(22-18-29)23-27-24-41(25-27)30-11-13-31(14-12-30)46(43,44)32-15-19-38-20-16-32/h3-5,7-8,11-16,19-20,27,29,33-34H,2,6,9-10,17-18,21-25H2,1H3,(H,39,42)/t33-,34-,36?/m1/s1. The van der Waals surface area contributed by atoms with E-state index in [1.165, 1.54) is 24.5 Å². The Labute approximate surface area is 272 Å². The van der Waals surface area contributed by atoms with Crippen LogP contribution in [0.1, 0.15) is 44.6 Å². The van der Waals surface area contributed by atoms with E-state index in [-0.39, 0.29) is 27.7 Å². The molecule has 1 saturated carbocycles. The van der Waals surface area contributed by atoms with Crippen LogP contribution in [0, 0.1) is 29.1 Å². The fourth-order valence-electron chi connectivity index (χ4n) is 7.94. The summed E-state index contributed by atoms with van der Waals surface area (Å²) >= 11 is 0. The average Bonchev–Trinajstić information content (AvgIpc) is 3.53. The minimum Gasteiger partial charge on any atom is -0.446 e. The Morgan fingerprint density at radius 1 is 0.978 bits per heavy atom. The van der Waals surface area contributed by atoms with Gasteiger partial charge in [0.05, 0.1) is 21.3 Å². The summed E-state index contributed by atoms with van der Waals surface area (Å²) in [4.78, 5) is 21.7. The predicted molar refractivity (Wildman–Crippen MR) is 176 cm³/mol. The molecule has 6 rings (SSSR count). The number of ether oxygens (including phenoxy) is 1. The lowest BCUT2D eigenvalue weighted by Crippen LogP contribution is -2.54. The molecule has 1 aromatic heterocycles. The van der Waals surface area contributed by atoms with Gasteiger partial charge in [-0.25, -0.2) is 13.2 Å². The van der Waals surface area contributed by atoms with Crippen molar-refractivity contribution in [1.29, 1.82) is 5.26 Å². The second-order valence-corrected chi connectivity index (χ2v) is 14.8. The molecule has 3 fully saturated rings. The third-order valence-electron chi connectivity index (χ3n) is 10.2. The summed E-state index contributed by atoms with van der Waals surface area (Å²) in [6, 6.07) is 23.2. The van der Waals surface area contributed by atoms with Crippen LogP contribution in [0.15, 0.2) is 88.9 Å². The Kier molecular flexibility index (Phi) is 9.62. The number of piperidine rings is 1. The van der Waals surface area contributed by atoms with Crippen molar-refractivity contribution < 1.29 is 17.9 Å². The van der Waals surface area contributed by atoms with Crippen molar-refractivity contribution in [3.05, 3.63) is 84.7 Å². The zero-order valence-electron chi connectivity index (χ0n) is 26.4. The highest BCUT2D eigenvalue weighted by Gasteiger charge is 2.53. The lowest BCUT2D eigenvalue weighted by atomic mass is 9.59. The van der Waals surface area contributed by atoms with Crippen LogP contribution in [0.4, 0.5) is 10.5 Å². The summed E-state index contributed by atoms with van der Waals surface area (Å²) in [5.74, 6) is 0.682. The van der Waals surface area contributed by atoms with Gasteiger partial charge >= 0.3 is 6.09 Å². The number of sulfone groups is 1. The Hall–Kier alpha value is -3.94. The number of anilines is 1. The van der Waals surface area contributed by atoms with Crippen molar-refractivity contribution in [2.75, 3.05) is 44.2 Å². The van der Waals surface area contributed by atoms with Gasteiger partial charge in [0.15, 0.2) is 0 Å². The summed E-state index contributed by atoms with van der Waals surface area (Å²) < 4.78 is 31.8. The minimum absolute atomic E-state index is 0.0367. The average molecular weight is 642 g/mol. The third kappa shape index (κ3) is 6.36. The van der Waals surface area contributed by atoms with Crippen LogP contribution >= 0.6 is 0 Å². The highest BCUT2D eigenvalue weighted by molar-refractivity contribution is 7.91. The van der Waals surface area contributed by atoms with E-state index in [0.717, 1.165) is 76.1 Å². The van der Waals surface area contributed by atoms with E-state index in [9.17, 15) is 18.5 Å². The van der Waals surface area contributed by atoms with Gasteiger partial charge in [-0.05, 0) is 100.0 Å². The monoisotopic (exact) mass is 641 g/mol. The number of rotatable bonds is 10. The molecule has 2 saturated heterocycles. The number of likely N-dealkylation sites (tertiary alicyclic amines) is 1. The maximum absolute atomic E-state index is 12.9. The molecule has 2 aromatic carbocycles. The van der Waals surface area contributed by atoms with E-state index in [1.807, 2.05) is 37.3 Å². The smallest absolute Gasteiger partial charge is 0.407 e. The van der Waals surface area contributed by atoms with Gasteiger partial charge in [-0.2, -0.15) is 5.26 Å². The molecule has 1 unspecified atom stereocenters. The SMILES string of the molecule is CCNC(=O)O[C@@H]1CCC[C@H]1C(C#N)(c1ccccc1)C1CCN(CC2CN(c3ccc(S(=O)(=O)c4ccncc4)cc3)C2)CC1. The number of benzene rings is 2. The van der Waals surface area contributed by atoms with Crippen molar-refractivity contribution >= 4 is 21.6 Å². The first kappa shape index (κ1) is 32.0. The Balaban J connectivity index is 1.07. The molecule has 3 heterocycles. The number of aromatic nitrogens is 1. The predicted octanol–water partition coefficient (Wildman–Crippen LogP) is 5.44. The minimum atomic E-state index is -3.56. The van der Waals surface area contributed by atoms with E-state index < -0.39 is 21.3 Å². The first-order valence-electron chi connectivity index (χ1n) is 16.5. The van der Waals surface area contributed by atoms with Crippen LogP contribution in [0.25, 0.3) is 0 Å². The highest BCUT2D eigenvalue weighted by atomic mass is 32.2. The van der Waals surface area contributed by atoms with Crippen LogP contribution in [-0.4, -0.2) is 69.8 Å². The molecule has 3 aliphatic rings. The topological polar surface area (TPSA) is 116 Å². The Morgan fingerprint density at radius 3 is 2.30 bits per heavy atom. The quantitative estimate of drug-likeness (QED) is 0.311. The van der Waals surface area contributed by atoms with Crippen LogP contribution < -0.4 is 10.2 Å². The second kappa shape index (κ2) is 13.8. The van der Waals surface area contributed by atoms with Crippen molar-refractivity contribution in [2.45, 2.75) is 60.3 Å². The zero-order valence-corrected chi connectivity index (χ0v) is 27.2. The van der Waals surface area contributed by atoms with E-state index in [4.69, 9.17) is 4.74 Å². The molecule has 0 radical (unpaired) electrons. The molecule has 46 heavy (non-hydrogen) atoms. The largest absolute Gasteiger partial charge is 0.446 e. The normalized spacial score (nSPS) is 22.4. The Bertz CT molecular complexity index is 1620. The summed E-state index contributed by atoms with van der Waals surface area (Å²) in [6.07, 6.45) is 6.79. The Morgan fingerprint density at radius 2 is 1.65 bits per heavy atom. The number of amides is 1. The number of carbonyl (C=O) groups excluding carboxylic acids is 1. The lowest BCUT2D eigenvalue weighted by molar-refractivity contribution is 0.0301. The summed E-state index contributed by atoms with van der Waals surface area (Å²) in [6.45, 7) is 7.14. The number of hydrogen-bond donors (Lipinski definition) is 1. The molecular weight excluding hydrogens is 598 g/mol. The van der Waals surface area contributed by atoms with Gasteiger partial charge in [0.25, 0.3) is 0 Å². The maximum atomic E-state index is 12.9. The number of carbonyl (C=O) groups is 1. The number of nitriles is 1. The number of alkyl carbamates (subject to hydrolysis) is 1. The molecule has 2 aliphatic heterocycles. The van der Waals surface area contributed by atoms with E-state index >= 15 is 0 Å². The van der Waals surface area contributed by atoms with E-state index in [0.29, 0.717) is 12.5 Å². The number of hydrogen-bond acceptors (Lipinski definition) is 8. The fraction of sp³-hybridized carbons (Fsp3) is 0.472. The molecule has 0 spiro atoms. The van der Waals surface area contributed by atoms with Crippen molar-refractivity contribution in [3.8, 4) is 6.07 Å². The molecule has 1 aliphatic carbocycles. The molecular formula is C36H43N5O4S. The summed E-state index contributed by atoms with van der Waals surface area (Å²) in [7, 11) is -3.56. The van der Waals surface area contributed by atoms with E-state index in [2.05, 4.69) is 38.3 Å².